The molecular formula is C22H31N5O6. The van der Waals surface area contributed by atoms with Crippen molar-refractivity contribution in [1.82, 2.24) is 14.0 Å². The molecule has 3 rings (SSSR count). The second-order valence-corrected chi connectivity index (χ2v) is 7.95. The Balaban J connectivity index is 0.000000569. The summed E-state index contributed by atoms with van der Waals surface area (Å²) in [5, 5.41) is 14.8. The first-order valence-corrected chi connectivity index (χ1v) is 10.5. The third kappa shape index (κ3) is 6.69. The third-order valence-electron chi connectivity index (χ3n) is 5.55. The van der Waals surface area contributed by atoms with Crippen LogP contribution >= 0.6 is 0 Å². The van der Waals surface area contributed by atoms with Crippen molar-refractivity contribution < 1.29 is 19.8 Å². The standard InChI is InChI=1S/C20H29N5O2.C2H2O4/c1-21(2)17-8-6-5-7-16(17)9-10-24-11-13-25(14-12-24)18-15-19(26)23(4)20(27)22(18)3;3-1(4)2(5)6/h5-8,15H,9-14H2,1-4H3;(H,3,4)(H,5,6). The average Bonchev–Trinajstić information content (AvgIpc) is 2.79. The SMILES string of the molecule is CN(C)c1ccccc1CCN1CCN(c2cc(=O)n(C)c(=O)n2C)CC1.O=C(O)C(=O)O. The van der Waals surface area contributed by atoms with Gasteiger partial charge in [0.05, 0.1) is 0 Å². The van der Waals surface area contributed by atoms with Crippen molar-refractivity contribution in [2.24, 2.45) is 14.1 Å². The van der Waals surface area contributed by atoms with Gasteiger partial charge < -0.3 is 20.0 Å². The molecule has 1 aromatic carbocycles. The Morgan fingerprint density at radius 3 is 2.06 bits per heavy atom. The molecule has 0 spiro atoms. The number of anilines is 2. The van der Waals surface area contributed by atoms with Crippen molar-refractivity contribution in [3.8, 4) is 0 Å². The molecule has 0 aliphatic carbocycles. The van der Waals surface area contributed by atoms with Gasteiger partial charge in [0.2, 0.25) is 0 Å². The number of piperazine rings is 1. The van der Waals surface area contributed by atoms with E-state index in [0.717, 1.165) is 43.7 Å². The first kappa shape index (κ1) is 25.7. The average molecular weight is 462 g/mol. The summed E-state index contributed by atoms with van der Waals surface area (Å²) in [6.07, 6.45) is 1.01. The first-order valence-electron chi connectivity index (χ1n) is 10.5. The van der Waals surface area contributed by atoms with Gasteiger partial charge in [-0.2, -0.15) is 0 Å². The lowest BCUT2D eigenvalue weighted by Crippen LogP contribution is -2.49. The third-order valence-corrected chi connectivity index (χ3v) is 5.55. The van der Waals surface area contributed by atoms with Gasteiger partial charge in [-0.15, -0.1) is 0 Å². The van der Waals surface area contributed by atoms with E-state index in [1.807, 2.05) is 0 Å². The van der Waals surface area contributed by atoms with Crippen molar-refractivity contribution in [3.05, 3.63) is 56.7 Å². The summed E-state index contributed by atoms with van der Waals surface area (Å²) < 4.78 is 2.70. The normalized spacial score (nSPS) is 13.8. The Kier molecular flexibility index (Phi) is 8.80. The number of hydrogen-bond donors (Lipinski definition) is 2. The summed E-state index contributed by atoms with van der Waals surface area (Å²) >= 11 is 0. The van der Waals surface area contributed by atoms with E-state index in [1.54, 1.807) is 17.7 Å². The van der Waals surface area contributed by atoms with Crippen molar-refractivity contribution in [1.29, 1.82) is 0 Å². The largest absolute Gasteiger partial charge is 0.473 e. The van der Waals surface area contributed by atoms with Gasteiger partial charge in [-0.3, -0.25) is 18.8 Å². The lowest BCUT2D eigenvalue weighted by atomic mass is 10.1. The van der Waals surface area contributed by atoms with Crippen LogP contribution in [-0.2, 0) is 30.1 Å². The number of rotatable bonds is 5. The van der Waals surface area contributed by atoms with E-state index >= 15 is 0 Å². The Morgan fingerprint density at radius 2 is 1.52 bits per heavy atom. The second kappa shape index (κ2) is 11.3. The predicted octanol–water partition coefficient (Wildman–Crippen LogP) is -0.330. The number of carboxylic acid groups (broad SMARTS) is 2. The molecule has 33 heavy (non-hydrogen) atoms. The molecule has 180 valence electrons. The summed E-state index contributed by atoms with van der Waals surface area (Å²) in [5.74, 6) is -2.94. The molecule has 0 unspecified atom stereocenters. The van der Waals surface area contributed by atoms with Crippen molar-refractivity contribution >= 4 is 23.4 Å². The summed E-state index contributed by atoms with van der Waals surface area (Å²) in [4.78, 5) is 49.1. The van der Waals surface area contributed by atoms with E-state index in [-0.39, 0.29) is 11.2 Å². The van der Waals surface area contributed by atoms with Gasteiger partial charge in [0, 0.05) is 72.7 Å². The number of carbonyl (C=O) groups is 2. The van der Waals surface area contributed by atoms with Crippen molar-refractivity contribution in [2.45, 2.75) is 6.42 Å². The maximum Gasteiger partial charge on any atom is 0.414 e. The molecule has 2 N–H and O–H groups in total. The number of hydrogen-bond acceptors (Lipinski definition) is 7. The molecule has 2 aromatic rings. The van der Waals surface area contributed by atoms with Crippen LogP contribution in [0, 0.1) is 0 Å². The van der Waals surface area contributed by atoms with Crippen LogP contribution in [-0.4, -0.2) is 83.0 Å². The van der Waals surface area contributed by atoms with Gasteiger partial charge in [-0.25, -0.2) is 14.4 Å². The van der Waals surface area contributed by atoms with E-state index in [9.17, 15) is 9.59 Å². The van der Waals surface area contributed by atoms with E-state index in [0.29, 0.717) is 5.82 Å². The number of aliphatic carboxylic acids is 2. The highest BCUT2D eigenvalue weighted by molar-refractivity contribution is 6.27. The van der Waals surface area contributed by atoms with Crippen molar-refractivity contribution in [2.75, 3.05) is 56.6 Å². The lowest BCUT2D eigenvalue weighted by Gasteiger charge is -2.36. The number of benzene rings is 1. The number of aromatic nitrogens is 2. The molecular weight excluding hydrogens is 430 g/mol. The van der Waals surface area contributed by atoms with E-state index in [2.05, 4.69) is 53.1 Å². The van der Waals surface area contributed by atoms with Crippen LogP contribution in [0.15, 0.2) is 39.9 Å². The minimum absolute atomic E-state index is 0.254. The van der Waals surface area contributed by atoms with Crippen LogP contribution in [0.1, 0.15) is 5.56 Å². The molecule has 1 fully saturated rings. The lowest BCUT2D eigenvalue weighted by molar-refractivity contribution is -0.159. The maximum atomic E-state index is 12.1. The fraction of sp³-hybridized carbons (Fsp3) is 0.455. The van der Waals surface area contributed by atoms with Gasteiger partial charge >= 0.3 is 17.6 Å². The highest BCUT2D eigenvalue weighted by Gasteiger charge is 2.20. The zero-order valence-corrected chi connectivity index (χ0v) is 19.4. The zero-order valence-electron chi connectivity index (χ0n) is 19.4. The highest BCUT2D eigenvalue weighted by Crippen LogP contribution is 2.19. The fourth-order valence-corrected chi connectivity index (χ4v) is 3.66. The molecule has 1 aliphatic rings. The fourth-order valence-electron chi connectivity index (χ4n) is 3.66. The number of para-hydroxylation sites is 1. The molecule has 2 heterocycles. The Morgan fingerprint density at radius 1 is 0.939 bits per heavy atom. The van der Waals surface area contributed by atoms with Crippen LogP contribution < -0.4 is 21.0 Å². The molecule has 1 saturated heterocycles. The van der Waals surface area contributed by atoms with Crippen LogP contribution in [0.2, 0.25) is 0 Å². The highest BCUT2D eigenvalue weighted by atomic mass is 16.4. The Bertz CT molecular complexity index is 1090. The summed E-state index contributed by atoms with van der Waals surface area (Å²) in [6.45, 7) is 4.49. The van der Waals surface area contributed by atoms with Gasteiger partial charge in [0.15, 0.2) is 0 Å². The molecule has 11 nitrogen and oxygen atoms in total. The molecule has 0 saturated carbocycles. The molecule has 0 bridgehead atoms. The van der Waals surface area contributed by atoms with Crippen LogP contribution in [0.5, 0.6) is 0 Å². The topological polar surface area (TPSA) is 128 Å². The Labute approximate surface area is 191 Å². The maximum absolute atomic E-state index is 12.1. The summed E-state index contributed by atoms with van der Waals surface area (Å²) in [6, 6.07) is 10.1. The molecule has 11 heteroatoms. The van der Waals surface area contributed by atoms with Gasteiger partial charge in [-0.1, -0.05) is 18.2 Å². The first-order chi connectivity index (χ1) is 15.5. The van der Waals surface area contributed by atoms with E-state index < -0.39 is 11.9 Å². The molecule has 1 aliphatic heterocycles. The summed E-state index contributed by atoms with van der Waals surface area (Å²) in [7, 11) is 7.39. The quantitative estimate of drug-likeness (QED) is 0.575. The second-order valence-electron chi connectivity index (χ2n) is 7.95. The minimum Gasteiger partial charge on any atom is -0.473 e. The molecule has 1 aromatic heterocycles. The van der Waals surface area contributed by atoms with Gasteiger partial charge in [0.1, 0.15) is 5.82 Å². The number of carboxylic acids is 2. The molecule has 0 amide bonds. The van der Waals surface area contributed by atoms with E-state index in [4.69, 9.17) is 19.8 Å². The van der Waals surface area contributed by atoms with E-state index in [1.165, 1.54) is 18.3 Å². The smallest absolute Gasteiger partial charge is 0.414 e. The van der Waals surface area contributed by atoms with Crippen LogP contribution in [0.4, 0.5) is 11.5 Å². The zero-order chi connectivity index (χ0) is 24.7. The predicted molar refractivity (Wildman–Crippen MR) is 125 cm³/mol. The van der Waals surface area contributed by atoms with Crippen LogP contribution in [0.3, 0.4) is 0 Å². The summed E-state index contributed by atoms with van der Waals surface area (Å²) in [5.41, 5.74) is 2.10. The van der Waals surface area contributed by atoms with Crippen molar-refractivity contribution in [3.63, 3.8) is 0 Å². The monoisotopic (exact) mass is 461 g/mol. The van der Waals surface area contributed by atoms with Crippen LogP contribution in [0.25, 0.3) is 0 Å². The molecule has 0 atom stereocenters. The minimum atomic E-state index is -1.82. The van der Waals surface area contributed by atoms with Gasteiger partial charge in [0.25, 0.3) is 5.56 Å². The number of nitrogens with zero attached hydrogens (tertiary/aromatic N) is 5. The Hall–Kier alpha value is -3.60. The van der Waals surface area contributed by atoms with Gasteiger partial charge in [-0.05, 0) is 18.1 Å². The molecule has 0 radical (unpaired) electrons.